The van der Waals surface area contributed by atoms with Crippen molar-refractivity contribution in [2.75, 3.05) is 19.6 Å². The normalized spacial score (nSPS) is 21.7. The molecule has 0 bridgehead atoms. The lowest BCUT2D eigenvalue weighted by Gasteiger charge is -2.31. The molecule has 1 saturated heterocycles. The first-order chi connectivity index (χ1) is 7.16. The summed E-state index contributed by atoms with van der Waals surface area (Å²) in [5.74, 6) is 1.22. The molecule has 1 amide bonds. The zero-order valence-corrected chi connectivity index (χ0v) is 9.12. The van der Waals surface area contributed by atoms with Crippen LogP contribution in [-0.2, 0) is 0 Å². The minimum atomic E-state index is -0.00329. The van der Waals surface area contributed by atoms with Crippen LogP contribution in [0.4, 0.5) is 0 Å². The van der Waals surface area contributed by atoms with Crippen LogP contribution in [0.2, 0.25) is 0 Å². The van der Waals surface area contributed by atoms with E-state index in [1.165, 1.54) is 0 Å². The Hall–Kier alpha value is -1.29. The van der Waals surface area contributed by atoms with Crippen molar-refractivity contribution >= 4 is 5.91 Å². The van der Waals surface area contributed by atoms with E-state index in [2.05, 4.69) is 12.2 Å². The van der Waals surface area contributed by atoms with Gasteiger partial charge in [0, 0.05) is 25.7 Å². The molecule has 0 saturated carbocycles. The van der Waals surface area contributed by atoms with Crippen molar-refractivity contribution in [3.8, 4) is 0 Å². The number of nitrogens with zero attached hydrogens (tertiary/aromatic N) is 1. The summed E-state index contributed by atoms with van der Waals surface area (Å²) in [7, 11) is 0. The van der Waals surface area contributed by atoms with E-state index in [0.717, 1.165) is 25.4 Å². The second-order valence-corrected chi connectivity index (χ2v) is 4.02. The van der Waals surface area contributed by atoms with Crippen molar-refractivity contribution in [3.05, 3.63) is 23.7 Å². The Kier molecular flexibility index (Phi) is 2.77. The zero-order valence-electron chi connectivity index (χ0n) is 9.12. The van der Waals surface area contributed by atoms with Gasteiger partial charge in [-0.1, -0.05) is 0 Å². The lowest BCUT2D eigenvalue weighted by atomic mass is 10.2. The van der Waals surface area contributed by atoms with E-state index >= 15 is 0 Å². The van der Waals surface area contributed by atoms with Crippen molar-refractivity contribution in [1.82, 2.24) is 10.2 Å². The van der Waals surface area contributed by atoms with Gasteiger partial charge in [-0.3, -0.25) is 4.79 Å². The molecule has 1 aliphatic heterocycles. The highest BCUT2D eigenvalue weighted by atomic mass is 16.3. The summed E-state index contributed by atoms with van der Waals surface area (Å²) in [4.78, 5) is 13.8. The minimum Gasteiger partial charge on any atom is -0.456 e. The fourth-order valence-electron chi connectivity index (χ4n) is 1.82. The summed E-state index contributed by atoms with van der Waals surface area (Å²) >= 11 is 0. The molecular formula is C11H16N2O2. The first-order valence-corrected chi connectivity index (χ1v) is 5.26. The number of carbonyl (C=O) groups is 1. The quantitative estimate of drug-likeness (QED) is 0.749. The summed E-state index contributed by atoms with van der Waals surface area (Å²) in [5.41, 5.74) is 0. The Morgan fingerprint density at radius 2 is 2.40 bits per heavy atom. The van der Waals surface area contributed by atoms with E-state index in [1.54, 1.807) is 6.07 Å². The van der Waals surface area contributed by atoms with Crippen LogP contribution in [0.5, 0.6) is 0 Å². The molecule has 15 heavy (non-hydrogen) atoms. The largest absolute Gasteiger partial charge is 0.456 e. The fourth-order valence-corrected chi connectivity index (χ4v) is 1.82. The second kappa shape index (κ2) is 4.06. The SMILES string of the molecule is Cc1ccc(C(=O)N2CCN[C@H](C)C2)o1. The monoisotopic (exact) mass is 208 g/mol. The molecule has 2 rings (SSSR count). The average molecular weight is 208 g/mol. The Balaban J connectivity index is 2.07. The lowest BCUT2D eigenvalue weighted by Crippen LogP contribution is -2.51. The number of aryl methyl sites for hydroxylation is 1. The first-order valence-electron chi connectivity index (χ1n) is 5.26. The molecule has 0 spiro atoms. The third kappa shape index (κ3) is 2.21. The van der Waals surface area contributed by atoms with E-state index in [9.17, 15) is 4.79 Å². The van der Waals surface area contributed by atoms with Gasteiger partial charge in [0.15, 0.2) is 5.76 Å². The molecule has 1 fully saturated rings. The van der Waals surface area contributed by atoms with Crippen LogP contribution in [0, 0.1) is 6.92 Å². The Morgan fingerprint density at radius 1 is 1.60 bits per heavy atom. The van der Waals surface area contributed by atoms with E-state index in [0.29, 0.717) is 11.8 Å². The fraction of sp³-hybridized carbons (Fsp3) is 0.545. The van der Waals surface area contributed by atoms with Crippen LogP contribution in [0.25, 0.3) is 0 Å². The predicted molar refractivity (Wildman–Crippen MR) is 56.8 cm³/mol. The van der Waals surface area contributed by atoms with Gasteiger partial charge in [0.2, 0.25) is 0 Å². The number of furan rings is 1. The topological polar surface area (TPSA) is 45.5 Å². The number of piperazine rings is 1. The highest BCUT2D eigenvalue weighted by molar-refractivity contribution is 5.91. The van der Waals surface area contributed by atoms with E-state index in [1.807, 2.05) is 17.9 Å². The predicted octanol–water partition coefficient (Wildman–Crippen LogP) is 1.02. The molecule has 0 unspecified atom stereocenters. The Labute approximate surface area is 89.2 Å². The summed E-state index contributed by atoms with van der Waals surface area (Å²) in [5, 5.41) is 3.30. The first kappa shape index (κ1) is 10.2. The molecule has 0 aromatic carbocycles. The van der Waals surface area contributed by atoms with Gasteiger partial charge in [-0.15, -0.1) is 0 Å². The van der Waals surface area contributed by atoms with Crippen LogP contribution in [0.1, 0.15) is 23.2 Å². The minimum absolute atomic E-state index is 0.00329. The summed E-state index contributed by atoms with van der Waals surface area (Å²) < 4.78 is 5.32. The second-order valence-electron chi connectivity index (χ2n) is 4.02. The summed E-state index contributed by atoms with van der Waals surface area (Å²) in [6.07, 6.45) is 0. The van der Waals surface area contributed by atoms with Crippen molar-refractivity contribution in [1.29, 1.82) is 0 Å². The molecule has 1 aromatic heterocycles. The van der Waals surface area contributed by atoms with E-state index < -0.39 is 0 Å². The number of rotatable bonds is 1. The van der Waals surface area contributed by atoms with Gasteiger partial charge in [0.25, 0.3) is 5.91 Å². The molecular weight excluding hydrogens is 192 g/mol. The van der Waals surface area contributed by atoms with Crippen LogP contribution >= 0.6 is 0 Å². The molecule has 0 aliphatic carbocycles. The molecule has 1 aliphatic rings. The number of hydrogen-bond acceptors (Lipinski definition) is 3. The molecule has 4 nitrogen and oxygen atoms in total. The maximum atomic E-state index is 12.0. The van der Waals surface area contributed by atoms with Gasteiger partial charge in [0.1, 0.15) is 5.76 Å². The third-order valence-corrected chi connectivity index (χ3v) is 2.61. The highest BCUT2D eigenvalue weighted by Gasteiger charge is 2.23. The molecule has 1 atom stereocenters. The van der Waals surface area contributed by atoms with Crippen molar-refractivity contribution in [2.45, 2.75) is 19.9 Å². The molecule has 2 heterocycles. The molecule has 4 heteroatoms. The number of amides is 1. The Bertz CT molecular complexity index is 359. The van der Waals surface area contributed by atoms with Crippen molar-refractivity contribution < 1.29 is 9.21 Å². The standard InChI is InChI=1S/C11H16N2O2/c1-8-7-13(6-5-12-8)11(14)10-4-3-9(2)15-10/h3-4,8,12H,5-7H2,1-2H3/t8-/m1/s1. The van der Waals surface area contributed by atoms with Crippen LogP contribution in [0.3, 0.4) is 0 Å². The summed E-state index contributed by atoms with van der Waals surface area (Å²) in [6, 6.07) is 3.92. The number of carbonyl (C=O) groups excluding carboxylic acids is 1. The van der Waals surface area contributed by atoms with Gasteiger partial charge in [-0.25, -0.2) is 0 Å². The van der Waals surface area contributed by atoms with E-state index in [-0.39, 0.29) is 5.91 Å². The van der Waals surface area contributed by atoms with Crippen LogP contribution in [0.15, 0.2) is 16.5 Å². The molecule has 0 radical (unpaired) electrons. The van der Waals surface area contributed by atoms with Crippen molar-refractivity contribution in [3.63, 3.8) is 0 Å². The maximum absolute atomic E-state index is 12.0. The number of nitrogens with one attached hydrogen (secondary N) is 1. The molecule has 82 valence electrons. The van der Waals surface area contributed by atoms with Gasteiger partial charge < -0.3 is 14.6 Å². The van der Waals surface area contributed by atoms with E-state index in [4.69, 9.17) is 4.42 Å². The lowest BCUT2D eigenvalue weighted by molar-refractivity contribution is 0.0675. The van der Waals surface area contributed by atoms with Gasteiger partial charge in [-0.2, -0.15) is 0 Å². The zero-order chi connectivity index (χ0) is 10.8. The van der Waals surface area contributed by atoms with Gasteiger partial charge >= 0.3 is 0 Å². The maximum Gasteiger partial charge on any atom is 0.289 e. The third-order valence-electron chi connectivity index (χ3n) is 2.61. The average Bonchev–Trinajstić information content (AvgIpc) is 2.64. The summed E-state index contributed by atoms with van der Waals surface area (Å²) in [6.45, 7) is 6.28. The smallest absolute Gasteiger partial charge is 0.289 e. The van der Waals surface area contributed by atoms with Crippen molar-refractivity contribution in [2.24, 2.45) is 0 Å². The van der Waals surface area contributed by atoms with Crippen LogP contribution < -0.4 is 5.32 Å². The molecule has 1 aromatic rings. The van der Waals surface area contributed by atoms with Crippen LogP contribution in [-0.4, -0.2) is 36.5 Å². The van der Waals surface area contributed by atoms with Gasteiger partial charge in [0.05, 0.1) is 0 Å². The Morgan fingerprint density at radius 3 is 3.00 bits per heavy atom. The van der Waals surface area contributed by atoms with Gasteiger partial charge in [-0.05, 0) is 26.0 Å². The number of hydrogen-bond donors (Lipinski definition) is 1. The molecule has 1 N–H and O–H groups in total. The highest BCUT2D eigenvalue weighted by Crippen LogP contribution is 2.11.